The van der Waals surface area contributed by atoms with Gasteiger partial charge < -0.3 is 14.2 Å². The molecule has 5 nitrogen and oxygen atoms in total. The van der Waals surface area contributed by atoms with E-state index in [2.05, 4.69) is 4.36 Å². The normalized spacial score (nSPS) is 17.2. The number of benzene rings is 1. The van der Waals surface area contributed by atoms with E-state index in [0.29, 0.717) is 11.1 Å². The molecular weight excluding hydrogens is 359 g/mol. The molecule has 0 saturated heterocycles. The van der Waals surface area contributed by atoms with Gasteiger partial charge in [0, 0.05) is 0 Å². The minimum atomic E-state index is -4.38. The molecule has 1 aliphatic heterocycles. The van der Waals surface area contributed by atoms with E-state index < -0.39 is 27.7 Å². The smallest absolute Gasteiger partial charge is 0.424 e. The highest BCUT2D eigenvalue weighted by molar-refractivity contribution is 7.92. The number of carbonyl (C=O) groups is 1. The van der Waals surface area contributed by atoms with Crippen LogP contribution in [-0.4, -0.2) is 32.3 Å². The van der Waals surface area contributed by atoms with E-state index >= 15 is 0 Å². The number of methoxy groups -OCH3 is 2. The number of nitrogens with zero attached hydrogens (tertiary/aromatic N) is 1. The van der Waals surface area contributed by atoms with Crippen molar-refractivity contribution in [3.05, 3.63) is 52.8 Å². The van der Waals surface area contributed by atoms with Crippen LogP contribution >= 0.6 is 0 Å². The van der Waals surface area contributed by atoms with Crippen LogP contribution in [0.3, 0.4) is 0 Å². The predicted octanol–water partition coefficient (Wildman–Crippen LogP) is 3.54. The second-order valence-electron chi connectivity index (χ2n) is 4.84. The second-order valence-corrected chi connectivity index (χ2v) is 6.46. The molecule has 1 atom stereocenters. The molecule has 136 valence electrons. The molecule has 0 fully saturated rings. The van der Waals surface area contributed by atoms with Gasteiger partial charge in [0.25, 0.3) is 0 Å². The maximum absolute atomic E-state index is 12.6. The van der Waals surface area contributed by atoms with Gasteiger partial charge in [0.15, 0.2) is 0 Å². The number of hydrogen-bond acceptors (Lipinski definition) is 5. The predicted molar refractivity (Wildman–Crippen MR) is 87.0 cm³/mol. The Kier molecular flexibility index (Phi) is 6.38. The average Bonchev–Trinajstić information content (AvgIpc) is 2.53. The first-order valence-electron chi connectivity index (χ1n) is 7.05. The van der Waals surface area contributed by atoms with E-state index in [4.69, 9.17) is 14.2 Å². The molecule has 1 aromatic carbocycles. The lowest BCUT2D eigenvalue weighted by molar-refractivity contribution is -0.133. The van der Waals surface area contributed by atoms with Crippen molar-refractivity contribution in [3.8, 4) is 0 Å². The molecule has 0 N–H and O–H groups in total. The summed E-state index contributed by atoms with van der Waals surface area (Å²) in [7, 11) is 1.34. The van der Waals surface area contributed by atoms with Gasteiger partial charge in [0.1, 0.15) is 16.4 Å². The summed E-state index contributed by atoms with van der Waals surface area (Å²) in [6.45, 7) is 0.0262. The molecule has 0 radical (unpaired) electrons. The zero-order valence-electron chi connectivity index (χ0n) is 13.5. The Hall–Kier alpha value is -2.13. The Labute approximate surface area is 145 Å². The summed E-state index contributed by atoms with van der Waals surface area (Å²) in [6.07, 6.45) is -2.32. The molecule has 0 aliphatic carbocycles. The van der Waals surface area contributed by atoms with Crippen molar-refractivity contribution in [2.45, 2.75) is 12.8 Å². The van der Waals surface area contributed by atoms with Crippen molar-refractivity contribution in [1.82, 2.24) is 0 Å². The van der Waals surface area contributed by atoms with Crippen LogP contribution in [0.15, 0.2) is 46.0 Å². The van der Waals surface area contributed by atoms with Crippen LogP contribution in [0.4, 0.5) is 13.2 Å². The Bertz CT molecular complexity index is 741. The van der Waals surface area contributed by atoms with Crippen molar-refractivity contribution >= 4 is 22.2 Å². The number of carbonyl (C=O) groups excluding carboxylic acids is 1. The number of allylic oxidation sites excluding steroid dienone is 1. The number of rotatable bonds is 7. The fourth-order valence-electron chi connectivity index (χ4n) is 2.07. The Morgan fingerprint density at radius 1 is 1.28 bits per heavy atom. The fourth-order valence-corrected chi connectivity index (χ4v) is 3.13. The average molecular weight is 375 g/mol. The first-order chi connectivity index (χ1) is 11.9. The van der Waals surface area contributed by atoms with Gasteiger partial charge in [-0.3, -0.25) is 0 Å². The minimum absolute atomic E-state index is 0.0262. The van der Waals surface area contributed by atoms with Crippen molar-refractivity contribution in [1.29, 1.82) is 0 Å². The van der Waals surface area contributed by atoms with Crippen molar-refractivity contribution in [2.75, 3.05) is 20.2 Å². The highest BCUT2D eigenvalue weighted by Gasteiger charge is 2.39. The zero-order chi connectivity index (χ0) is 18.4. The summed E-state index contributed by atoms with van der Waals surface area (Å²) >= 11 is 0. The van der Waals surface area contributed by atoms with Gasteiger partial charge in [0.2, 0.25) is 0 Å². The lowest BCUT2D eigenvalue weighted by Crippen LogP contribution is -2.22. The van der Waals surface area contributed by atoms with Gasteiger partial charge in [-0.1, -0.05) is 24.3 Å². The highest BCUT2D eigenvalue weighted by Crippen LogP contribution is 2.34. The number of ether oxygens (including phenoxy) is 3. The standard InChI is InChI=1S/C16H16F3NO4S/c1-22-9-13(15(21)23-2)12-6-4-3-5-11(12)8-24-10-25-14(7-20-25)16(17,18)19/h3-7,9H,8,10H2,1-2H3/b13-9+. The van der Waals surface area contributed by atoms with Gasteiger partial charge in [-0.05, 0) is 21.8 Å². The molecule has 9 heteroatoms. The zero-order valence-corrected chi connectivity index (χ0v) is 14.3. The third-order valence-electron chi connectivity index (χ3n) is 3.23. The number of esters is 1. The number of alkyl halides is 3. The summed E-state index contributed by atoms with van der Waals surface area (Å²) < 4.78 is 56.6. The van der Waals surface area contributed by atoms with Gasteiger partial charge in [-0.2, -0.15) is 13.2 Å². The van der Waals surface area contributed by atoms with Gasteiger partial charge in [-0.25, -0.2) is 9.16 Å². The first kappa shape index (κ1) is 19.2. The van der Waals surface area contributed by atoms with Crippen LogP contribution in [0.2, 0.25) is 0 Å². The largest absolute Gasteiger partial charge is 0.503 e. The molecule has 0 spiro atoms. The molecule has 2 rings (SSSR count). The van der Waals surface area contributed by atoms with Gasteiger partial charge in [-0.15, -0.1) is 0 Å². The van der Waals surface area contributed by atoms with Crippen LogP contribution in [0.25, 0.3) is 5.57 Å². The third kappa shape index (κ3) is 4.70. The Morgan fingerprint density at radius 3 is 2.56 bits per heavy atom. The van der Waals surface area contributed by atoms with Crippen LogP contribution < -0.4 is 0 Å². The summed E-state index contributed by atoms with van der Waals surface area (Å²) in [6, 6.07) is 6.85. The second kappa shape index (κ2) is 8.30. The first-order valence-corrected chi connectivity index (χ1v) is 8.40. The lowest BCUT2D eigenvalue weighted by atomic mass is 10.0. The third-order valence-corrected chi connectivity index (χ3v) is 4.83. The highest BCUT2D eigenvalue weighted by atomic mass is 32.2. The van der Waals surface area contributed by atoms with Crippen molar-refractivity contribution in [3.63, 3.8) is 0 Å². The fraction of sp³-hybridized carbons (Fsp3) is 0.312. The van der Waals surface area contributed by atoms with E-state index in [-0.39, 0.29) is 18.1 Å². The van der Waals surface area contributed by atoms with Gasteiger partial charge in [0.05, 0.1) is 33.3 Å². The molecule has 1 aliphatic rings. The maximum atomic E-state index is 12.6. The summed E-state index contributed by atoms with van der Waals surface area (Å²) in [5.41, 5.74) is 1.34. The van der Waals surface area contributed by atoms with E-state index in [1.165, 1.54) is 20.5 Å². The minimum Gasteiger partial charge on any atom is -0.503 e. The molecule has 0 amide bonds. The van der Waals surface area contributed by atoms with E-state index in [1.54, 1.807) is 24.3 Å². The quantitative estimate of drug-likeness (QED) is 0.416. The van der Waals surface area contributed by atoms with Crippen LogP contribution in [-0.2, 0) is 36.3 Å². The molecule has 1 heterocycles. The van der Waals surface area contributed by atoms with E-state index in [0.717, 1.165) is 6.20 Å². The summed E-state index contributed by atoms with van der Waals surface area (Å²) in [5.74, 6) is -0.756. The lowest BCUT2D eigenvalue weighted by Gasteiger charge is -2.20. The molecule has 0 bridgehead atoms. The summed E-state index contributed by atoms with van der Waals surface area (Å²) in [4.78, 5) is 11.2. The number of hydrogen-bond donors (Lipinski definition) is 0. The molecule has 1 unspecified atom stereocenters. The Balaban J connectivity index is 2.07. The molecule has 0 saturated carbocycles. The van der Waals surface area contributed by atoms with E-state index in [1.807, 2.05) is 0 Å². The molecule has 1 aromatic rings. The van der Waals surface area contributed by atoms with E-state index in [9.17, 15) is 18.0 Å². The molecule has 0 aromatic heterocycles. The monoisotopic (exact) mass is 375 g/mol. The van der Waals surface area contributed by atoms with Crippen molar-refractivity contribution < 1.29 is 32.2 Å². The Morgan fingerprint density at radius 2 is 2.00 bits per heavy atom. The van der Waals surface area contributed by atoms with Crippen molar-refractivity contribution in [2.24, 2.45) is 4.36 Å². The van der Waals surface area contributed by atoms with Crippen LogP contribution in [0.1, 0.15) is 11.1 Å². The van der Waals surface area contributed by atoms with Crippen LogP contribution in [0, 0.1) is 0 Å². The topological polar surface area (TPSA) is 57.1 Å². The summed E-state index contributed by atoms with van der Waals surface area (Å²) in [5, 5.41) is 0. The van der Waals surface area contributed by atoms with Gasteiger partial charge >= 0.3 is 12.1 Å². The van der Waals surface area contributed by atoms with Crippen LogP contribution in [0.5, 0.6) is 0 Å². The molecular formula is C16H16F3NO4S. The SMILES string of the molecule is CO/C=C(/C(=O)OC)c1ccccc1COCS1=NC=C1C(F)(F)F. The number of halogens is 3. The molecule has 25 heavy (non-hydrogen) atoms. The maximum Gasteiger partial charge on any atom is 0.424 e.